The second-order valence-electron chi connectivity index (χ2n) is 4.23. The summed E-state index contributed by atoms with van der Waals surface area (Å²) in [5, 5.41) is 18.2. The quantitative estimate of drug-likeness (QED) is 0.811. The summed E-state index contributed by atoms with van der Waals surface area (Å²) in [6.45, 7) is 3.89. The normalized spacial score (nSPS) is 9.47. The van der Waals surface area contributed by atoms with Crippen molar-refractivity contribution in [2.45, 2.75) is 13.8 Å². The van der Waals surface area contributed by atoms with E-state index in [1.807, 2.05) is 44.2 Å². The highest BCUT2D eigenvalue weighted by Gasteiger charge is 2.12. The number of benzene rings is 2. The van der Waals surface area contributed by atoms with Crippen LogP contribution in [-0.2, 0) is 0 Å². The molecule has 92 valence electrons. The summed E-state index contributed by atoms with van der Waals surface area (Å²) >= 11 is 0. The van der Waals surface area contributed by atoms with Crippen LogP contribution in [0.25, 0.3) is 0 Å². The Hall–Kier alpha value is -2.78. The highest BCUT2D eigenvalue weighted by atomic mass is 16.5. The molecule has 0 saturated heterocycles. The standard InChI is InChI=1S/C16H12N2O/c1-11-5-3-6-12(2)16(11)19-15-8-4-7-13(9-17)14(15)10-18/h3-8H,1-2H3. The first-order valence-electron chi connectivity index (χ1n) is 5.84. The molecular weight excluding hydrogens is 236 g/mol. The minimum atomic E-state index is 0.271. The number of nitrogens with zero attached hydrogens (tertiary/aromatic N) is 2. The summed E-state index contributed by atoms with van der Waals surface area (Å²) in [5.74, 6) is 1.15. The largest absolute Gasteiger partial charge is 0.455 e. The summed E-state index contributed by atoms with van der Waals surface area (Å²) in [6.07, 6.45) is 0. The van der Waals surface area contributed by atoms with Gasteiger partial charge in [-0.25, -0.2) is 0 Å². The van der Waals surface area contributed by atoms with Crippen LogP contribution in [0.3, 0.4) is 0 Å². The van der Waals surface area contributed by atoms with Crippen molar-refractivity contribution < 1.29 is 4.74 Å². The van der Waals surface area contributed by atoms with Gasteiger partial charge in [-0.2, -0.15) is 10.5 Å². The van der Waals surface area contributed by atoms with Gasteiger partial charge in [0.25, 0.3) is 0 Å². The molecule has 0 saturated carbocycles. The smallest absolute Gasteiger partial charge is 0.146 e. The average Bonchev–Trinajstić information content (AvgIpc) is 2.42. The Bertz CT molecular complexity index is 685. The molecule has 0 N–H and O–H groups in total. The van der Waals surface area contributed by atoms with Crippen molar-refractivity contribution in [2.24, 2.45) is 0 Å². The fraction of sp³-hybridized carbons (Fsp3) is 0.125. The molecule has 0 atom stereocenters. The maximum absolute atomic E-state index is 9.17. The van der Waals surface area contributed by atoms with Gasteiger partial charge in [0.05, 0.1) is 5.56 Å². The molecular formula is C16H12N2O. The Morgan fingerprint density at radius 3 is 2.11 bits per heavy atom. The molecule has 0 heterocycles. The van der Waals surface area contributed by atoms with E-state index >= 15 is 0 Å². The molecule has 2 aromatic carbocycles. The second-order valence-corrected chi connectivity index (χ2v) is 4.23. The molecule has 0 spiro atoms. The molecule has 0 aliphatic carbocycles. The van der Waals surface area contributed by atoms with Crippen LogP contribution < -0.4 is 4.74 Å². The Morgan fingerprint density at radius 2 is 1.53 bits per heavy atom. The third kappa shape index (κ3) is 2.41. The maximum Gasteiger partial charge on any atom is 0.146 e. The second kappa shape index (κ2) is 5.25. The van der Waals surface area contributed by atoms with Crippen molar-refractivity contribution in [1.29, 1.82) is 10.5 Å². The zero-order valence-electron chi connectivity index (χ0n) is 10.8. The van der Waals surface area contributed by atoms with E-state index in [0.29, 0.717) is 11.3 Å². The average molecular weight is 248 g/mol. The molecule has 2 rings (SSSR count). The van der Waals surface area contributed by atoms with Gasteiger partial charge >= 0.3 is 0 Å². The van der Waals surface area contributed by atoms with Crippen LogP contribution in [0.1, 0.15) is 22.3 Å². The van der Waals surface area contributed by atoms with Gasteiger partial charge in [0.1, 0.15) is 29.2 Å². The van der Waals surface area contributed by atoms with Gasteiger partial charge in [-0.3, -0.25) is 0 Å². The van der Waals surface area contributed by atoms with E-state index in [4.69, 9.17) is 15.3 Å². The molecule has 3 nitrogen and oxygen atoms in total. The van der Waals surface area contributed by atoms with Gasteiger partial charge in [-0.15, -0.1) is 0 Å². The van der Waals surface area contributed by atoms with E-state index in [-0.39, 0.29) is 5.56 Å². The topological polar surface area (TPSA) is 56.8 Å². The van der Waals surface area contributed by atoms with Gasteiger partial charge in [-0.05, 0) is 37.1 Å². The third-order valence-electron chi connectivity index (χ3n) is 2.88. The molecule has 0 amide bonds. The molecule has 19 heavy (non-hydrogen) atoms. The number of hydrogen-bond donors (Lipinski definition) is 0. The molecule has 0 aromatic heterocycles. The van der Waals surface area contributed by atoms with E-state index < -0.39 is 0 Å². The number of para-hydroxylation sites is 1. The Labute approximate surface area is 112 Å². The van der Waals surface area contributed by atoms with Crippen molar-refractivity contribution in [2.75, 3.05) is 0 Å². The van der Waals surface area contributed by atoms with E-state index in [0.717, 1.165) is 16.9 Å². The van der Waals surface area contributed by atoms with E-state index in [1.54, 1.807) is 18.2 Å². The molecule has 2 aromatic rings. The monoisotopic (exact) mass is 248 g/mol. The molecule has 3 heteroatoms. The predicted octanol–water partition coefficient (Wildman–Crippen LogP) is 3.84. The summed E-state index contributed by atoms with van der Waals surface area (Å²) in [6, 6.07) is 14.9. The summed E-state index contributed by atoms with van der Waals surface area (Å²) < 4.78 is 5.83. The Morgan fingerprint density at radius 1 is 0.895 bits per heavy atom. The van der Waals surface area contributed by atoms with E-state index in [1.165, 1.54) is 0 Å². The maximum atomic E-state index is 9.17. The van der Waals surface area contributed by atoms with Gasteiger partial charge in [0.2, 0.25) is 0 Å². The highest BCUT2D eigenvalue weighted by molar-refractivity contribution is 5.56. The fourth-order valence-electron chi connectivity index (χ4n) is 1.89. The lowest BCUT2D eigenvalue weighted by molar-refractivity contribution is 0.473. The molecule has 0 radical (unpaired) electrons. The minimum absolute atomic E-state index is 0.271. The molecule has 0 aliphatic rings. The number of nitriles is 2. The SMILES string of the molecule is Cc1cccc(C)c1Oc1cccc(C#N)c1C#N. The summed E-state index contributed by atoms with van der Waals surface area (Å²) in [5.41, 5.74) is 2.58. The van der Waals surface area contributed by atoms with Crippen LogP contribution >= 0.6 is 0 Å². The van der Waals surface area contributed by atoms with Crippen LogP contribution in [-0.4, -0.2) is 0 Å². The third-order valence-corrected chi connectivity index (χ3v) is 2.88. The summed E-state index contributed by atoms with van der Waals surface area (Å²) in [7, 11) is 0. The first-order valence-corrected chi connectivity index (χ1v) is 5.84. The van der Waals surface area contributed by atoms with Crippen LogP contribution in [0.4, 0.5) is 0 Å². The zero-order valence-corrected chi connectivity index (χ0v) is 10.8. The van der Waals surface area contributed by atoms with E-state index in [2.05, 4.69) is 0 Å². The number of ether oxygens (including phenoxy) is 1. The van der Waals surface area contributed by atoms with Crippen LogP contribution in [0.15, 0.2) is 36.4 Å². The van der Waals surface area contributed by atoms with E-state index in [9.17, 15) is 0 Å². The van der Waals surface area contributed by atoms with Crippen LogP contribution in [0, 0.1) is 36.5 Å². The Balaban J connectivity index is 2.51. The summed E-state index contributed by atoms with van der Waals surface area (Å²) in [4.78, 5) is 0. The van der Waals surface area contributed by atoms with Gasteiger partial charge in [0, 0.05) is 0 Å². The van der Waals surface area contributed by atoms with Gasteiger partial charge < -0.3 is 4.74 Å². The first kappa shape index (κ1) is 12.7. The molecule has 0 fully saturated rings. The van der Waals surface area contributed by atoms with Crippen LogP contribution in [0.5, 0.6) is 11.5 Å². The highest BCUT2D eigenvalue weighted by Crippen LogP contribution is 2.31. The minimum Gasteiger partial charge on any atom is -0.455 e. The zero-order chi connectivity index (χ0) is 13.8. The number of rotatable bonds is 2. The number of hydrogen-bond acceptors (Lipinski definition) is 3. The van der Waals surface area contributed by atoms with Crippen LogP contribution in [0.2, 0.25) is 0 Å². The lowest BCUT2D eigenvalue weighted by Crippen LogP contribution is -1.95. The fourth-order valence-corrected chi connectivity index (χ4v) is 1.89. The molecule has 0 unspecified atom stereocenters. The molecule has 0 bridgehead atoms. The van der Waals surface area contributed by atoms with Crippen molar-refractivity contribution in [3.8, 4) is 23.6 Å². The van der Waals surface area contributed by atoms with Crippen molar-refractivity contribution >= 4 is 0 Å². The van der Waals surface area contributed by atoms with Crippen molar-refractivity contribution in [3.05, 3.63) is 58.7 Å². The lowest BCUT2D eigenvalue weighted by Gasteiger charge is -2.12. The Kier molecular flexibility index (Phi) is 3.50. The number of aryl methyl sites for hydroxylation is 2. The van der Waals surface area contributed by atoms with Crippen molar-refractivity contribution in [1.82, 2.24) is 0 Å². The first-order chi connectivity index (χ1) is 9.17. The van der Waals surface area contributed by atoms with Gasteiger partial charge in [0.15, 0.2) is 0 Å². The van der Waals surface area contributed by atoms with Gasteiger partial charge in [-0.1, -0.05) is 24.3 Å². The predicted molar refractivity (Wildman–Crippen MR) is 71.9 cm³/mol. The van der Waals surface area contributed by atoms with Crippen molar-refractivity contribution in [3.63, 3.8) is 0 Å². The lowest BCUT2D eigenvalue weighted by atomic mass is 10.1. The molecule has 0 aliphatic heterocycles.